The van der Waals surface area contributed by atoms with Crippen molar-refractivity contribution in [2.75, 3.05) is 25.5 Å². The van der Waals surface area contributed by atoms with Gasteiger partial charge in [0.1, 0.15) is 0 Å². The third kappa shape index (κ3) is 3.38. The van der Waals surface area contributed by atoms with E-state index >= 15 is 0 Å². The highest BCUT2D eigenvalue weighted by Crippen LogP contribution is 2.31. The van der Waals surface area contributed by atoms with Gasteiger partial charge in [-0.15, -0.1) is 6.58 Å². The molecule has 1 aliphatic heterocycles. The maximum atomic E-state index is 3.94. The largest absolute Gasteiger partial charge is 0.379 e. The minimum atomic E-state index is 0.189. The first-order chi connectivity index (χ1) is 9.04. The number of hydrogen-bond donors (Lipinski definition) is 1. The molecule has 2 heteroatoms. The van der Waals surface area contributed by atoms with Crippen LogP contribution >= 0.6 is 0 Å². The van der Waals surface area contributed by atoms with Gasteiger partial charge in [-0.25, -0.2) is 0 Å². The van der Waals surface area contributed by atoms with Gasteiger partial charge in [-0.3, -0.25) is 0 Å². The Bertz CT molecular complexity index is 443. The SMILES string of the molecule is C=CCC1(Nc2ccc(C)cc2C)CCN(C)CC1. The summed E-state index contributed by atoms with van der Waals surface area (Å²) in [6.07, 6.45) is 5.46. The van der Waals surface area contributed by atoms with Crippen molar-refractivity contribution in [3.05, 3.63) is 42.0 Å². The van der Waals surface area contributed by atoms with Gasteiger partial charge >= 0.3 is 0 Å². The summed E-state index contributed by atoms with van der Waals surface area (Å²) >= 11 is 0. The molecule has 1 aliphatic rings. The van der Waals surface area contributed by atoms with E-state index in [1.54, 1.807) is 0 Å². The van der Waals surface area contributed by atoms with Gasteiger partial charge in [-0.1, -0.05) is 23.8 Å². The van der Waals surface area contributed by atoms with E-state index in [2.05, 4.69) is 62.0 Å². The minimum Gasteiger partial charge on any atom is -0.379 e. The Morgan fingerprint density at radius 3 is 2.58 bits per heavy atom. The van der Waals surface area contributed by atoms with Gasteiger partial charge in [0.25, 0.3) is 0 Å². The van der Waals surface area contributed by atoms with Gasteiger partial charge in [0, 0.05) is 24.3 Å². The highest BCUT2D eigenvalue weighted by molar-refractivity contribution is 5.54. The average molecular weight is 258 g/mol. The van der Waals surface area contributed by atoms with Crippen molar-refractivity contribution in [3.63, 3.8) is 0 Å². The van der Waals surface area contributed by atoms with E-state index in [1.165, 1.54) is 29.7 Å². The number of rotatable bonds is 4. The van der Waals surface area contributed by atoms with Gasteiger partial charge in [-0.05, 0) is 51.8 Å². The maximum absolute atomic E-state index is 3.94. The molecule has 1 saturated heterocycles. The Hall–Kier alpha value is -1.28. The molecular weight excluding hydrogens is 232 g/mol. The Kier molecular flexibility index (Phi) is 4.31. The normalized spacial score (nSPS) is 19.1. The third-order valence-electron chi connectivity index (χ3n) is 4.26. The van der Waals surface area contributed by atoms with E-state index in [-0.39, 0.29) is 5.54 Å². The molecule has 0 atom stereocenters. The summed E-state index contributed by atoms with van der Waals surface area (Å²) in [4.78, 5) is 2.41. The van der Waals surface area contributed by atoms with Crippen molar-refractivity contribution in [3.8, 4) is 0 Å². The molecule has 0 aliphatic carbocycles. The fraction of sp³-hybridized carbons (Fsp3) is 0.529. The highest BCUT2D eigenvalue weighted by atomic mass is 15.1. The van der Waals surface area contributed by atoms with Gasteiger partial charge in [0.05, 0.1) is 0 Å². The average Bonchev–Trinajstić information content (AvgIpc) is 2.37. The van der Waals surface area contributed by atoms with Crippen LogP contribution in [0.25, 0.3) is 0 Å². The monoisotopic (exact) mass is 258 g/mol. The standard InChI is InChI=1S/C17H26N2/c1-5-8-17(9-11-19(4)12-10-17)18-16-7-6-14(2)13-15(16)3/h5-7,13,18H,1,8-12H2,2-4H3. The van der Waals surface area contributed by atoms with Crippen molar-refractivity contribution in [2.24, 2.45) is 0 Å². The quantitative estimate of drug-likeness (QED) is 0.827. The lowest BCUT2D eigenvalue weighted by Gasteiger charge is -2.42. The van der Waals surface area contributed by atoms with Crippen LogP contribution in [0.1, 0.15) is 30.4 Å². The van der Waals surface area contributed by atoms with Gasteiger partial charge in [0.15, 0.2) is 0 Å². The zero-order valence-corrected chi connectivity index (χ0v) is 12.5. The van der Waals surface area contributed by atoms with Crippen LogP contribution in [-0.2, 0) is 0 Å². The number of nitrogens with zero attached hydrogens (tertiary/aromatic N) is 1. The second kappa shape index (κ2) is 5.79. The maximum Gasteiger partial charge on any atom is 0.0432 e. The molecule has 1 fully saturated rings. The molecule has 1 heterocycles. The topological polar surface area (TPSA) is 15.3 Å². The van der Waals surface area contributed by atoms with Crippen molar-refractivity contribution in [2.45, 2.75) is 38.6 Å². The van der Waals surface area contributed by atoms with Crippen LogP contribution in [0.5, 0.6) is 0 Å². The molecule has 0 aromatic heterocycles. The Morgan fingerprint density at radius 2 is 2.00 bits per heavy atom. The van der Waals surface area contributed by atoms with E-state index in [0.717, 1.165) is 19.5 Å². The molecule has 0 saturated carbocycles. The number of hydrogen-bond acceptors (Lipinski definition) is 2. The Balaban J connectivity index is 2.18. The first-order valence-corrected chi connectivity index (χ1v) is 7.19. The zero-order chi connectivity index (χ0) is 13.9. The lowest BCUT2D eigenvalue weighted by molar-refractivity contribution is 0.206. The molecular formula is C17H26N2. The summed E-state index contributed by atoms with van der Waals surface area (Å²) < 4.78 is 0. The minimum absolute atomic E-state index is 0.189. The summed E-state index contributed by atoms with van der Waals surface area (Å²) in [5.41, 5.74) is 4.12. The molecule has 1 aromatic rings. The zero-order valence-electron chi connectivity index (χ0n) is 12.5. The second-order valence-corrected chi connectivity index (χ2v) is 6.02. The first kappa shape index (κ1) is 14.1. The summed E-state index contributed by atoms with van der Waals surface area (Å²) in [6.45, 7) is 10.6. The van der Waals surface area contributed by atoms with Crippen molar-refractivity contribution >= 4 is 5.69 Å². The summed E-state index contributed by atoms with van der Waals surface area (Å²) in [5.74, 6) is 0. The smallest absolute Gasteiger partial charge is 0.0432 e. The first-order valence-electron chi connectivity index (χ1n) is 7.19. The molecule has 0 unspecified atom stereocenters. The van der Waals surface area contributed by atoms with E-state index in [9.17, 15) is 0 Å². The summed E-state index contributed by atoms with van der Waals surface area (Å²) in [7, 11) is 2.20. The van der Waals surface area contributed by atoms with Crippen molar-refractivity contribution in [1.82, 2.24) is 4.90 Å². The van der Waals surface area contributed by atoms with E-state index in [4.69, 9.17) is 0 Å². The van der Waals surface area contributed by atoms with Crippen LogP contribution < -0.4 is 5.32 Å². The van der Waals surface area contributed by atoms with E-state index < -0.39 is 0 Å². The molecule has 2 nitrogen and oxygen atoms in total. The Morgan fingerprint density at radius 1 is 1.32 bits per heavy atom. The summed E-state index contributed by atoms with van der Waals surface area (Å²) in [5, 5.41) is 3.81. The Labute approximate surface area is 117 Å². The molecule has 19 heavy (non-hydrogen) atoms. The fourth-order valence-electron chi connectivity index (χ4n) is 2.94. The van der Waals surface area contributed by atoms with Gasteiger partial charge in [-0.2, -0.15) is 0 Å². The van der Waals surface area contributed by atoms with Crippen LogP contribution in [0, 0.1) is 13.8 Å². The second-order valence-electron chi connectivity index (χ2n) is 6.02. The highest BCUT2D eigenvalue weighted by Gasteiger charge is 2.32. The molecule has 1 aromatic carbocycles. The van der Waals surface area contributed by atoms with E-state index in [0.29, 0.717) is 0 Å². The number of likely N-dealkylation sites (tertiary alicyclic amines) is 1. The number of piperidine rings is 1. The predicted molar refractivity (Wildman–Crippen MR) is 83.8 cm³/mol. The lowest BCUT2D eigenvalue weighted by Crippen LogP contribution is -2.48. The molecule has 2 rings (SSSR count). The third-order valence-corrected chi connectivity index (χ3v) is 4.26. The molecule has 104 valence electrons. The molecule has 1 N–H and O–H groups in total. The fourth-order valence-corrected chi connectivity index (χ4v) is 2.94. The van der Waals surface area contributed by atoms with Gasteiger partial charge < -0.3 is 10.2 Å². The molecule has 0 spiro atoms. The molecule has 0 radical (unpaired) electrons. The predicted octanol–water partition coefficient (Wildman–Crippen LogP) is 3.76. The van der Waals surface area contributed by atoms with Crippen LogP contribution in [0.15, 0.2) is 30.9 Å². The van der Waals surface area contributed by atoms with Crippen LogP contribution in [0.3, 0.4) is 0 Å². The van der Waals surface area contributed by atoms with Crippen LogP contribution in [0.2, 0.25) is 0 Å². The molecule has 0 amide bonds. The number of anilines is 1. The number of nitrogens with one attached hydrogen (secondary N) is 1. The summed E-state index contributed by atoms with van der Waals surface area (Å²) in [6, 6.07) is 6.65. The molecule has 0 bridgehead atoms. The van der Waals surface area contributed by atoms with Gasteiger partial charge in [0.2, 0.25) is 0 Å². The van der Waals surface area contributed by atoms with E-state index in [1.807, 2.05) is 0 Å². The lowest BCUT2D eigenvalue weighted by atomic mass is 9.84. The number of benzene rings is 1. The van der Waals surface area contributed by atoms with Crippen molar-refractivity contribution in [1.29, 1.82) is 0 Å². The number of aryl methyl sites for hydroxylation is 2. The van der Waals surface area contributed by atoms with Crippen LogP contribution in [0.4, 0.5) is 5.69 Å². The van der Waals surface area contributed by atoms with Crippen molar-refractivity contribution < 1.29 is 0 Å². The van der Waals surface area contributed by atoms with Crippen LogP contribution in [-0.4, -0.2) is 30.6 Å².